The zero-order valence-electron chi connectivity index (χ0n) is 14.5. The molecule has 4 rings (SSSR count). The topological polar surface area (TPSA) is 89.2 Å². The lowest BCUT2D eigenvalue weighted by Gasteiger charge is -2.26. The minimum atomic E-state index is -0.641. The first kappa shape index (κ1) is 17.4. The van der Waals surface area contributed by atoms with E-state index >= 15 is 0 Å². The van der Waals surface area contributed by atoms with Crippen LogP contribution in [0.25, 0.3) is 11.0 Å². The maximum Gasteiger partial charge on any atom is 0.344 e. The molecule has 0 saturated carbocycles. The normalized spacial score (nSPS) is 16.0. The van der Waals surface area contributed by atoms with E-state index in [0.717, 1.165) is 22.0 Å². The summed E-state index contributed by atoms with van der Waals surface area (Å²) >= 11 is 3.40. The molecule has 27 heavy (non-hydrogen) atoms. The number of fused-ring (bicyclic) bond motifs is 3. The van der Waals surface area contributed by atoms with Gasteiger partial charge in [-0.25, -0.2) is 4.79 Å². The molecule has 5 nitrogen and oxygen atoms in total. The average Bonchev–Trinajstić information content (AvgIpc) is 2.67. The monoisotopic (exact) mass is 422 g/mol. The van der Waals surface area contributed by atoms with Crippen LogP contribution in [0.3, 0.4) is 0 Å². The van der Waals surface area contributed by atoms with Gasteiger partial charge in [-0.05, 0) is 41.8 Å². The van der Waals surface area contributed by atoms with Crippen LogP contribution in [0, 0.1) is 11.3 Å². The predicted octanol–water partition coefficient (Wildman–Crippen LogP) is 4.34. The minimum Gasteiger partial charge on any atom is -0.439 e. The van der Waals surface area contributed by atoms with Crippen molar-refractivity contribution in [3.05, 3.63) is 85.5 Å². The molecule has 2 N–H and O–H groups in total. The van der Waals surface area contributed by atoms with Gasteiger partial charge in [-0.15, -0.1) is 0 Å². The van der Waals surface area contributed by atoms with Crippen LogP contribution in [0.5, 0.6) is 5.75 Å². The quantitative estimate of drug-likeness (QED) is 0.620. The first-order valence-electron chi connectivity index (χ1n) is 8.46. The molecule has 2 heterocycles. The van der Waals surface area contributed by atoms with Crippen molar-refractivity contribution in [2.75, 3.05) is 0 Å². The van der Waals surface area contributed by atoms with E-state index in [1.807, 2.05) is 43.3 Å². The lowest BCUT2D eigenvalue weighted by Crippen LogP contribution is -2.26. The van der Waals surface area contributed by atoms with Gasteiger partial charge < -0.3 is 14.9 Å². The van der Waals surface area contributed by atoms with Gasteiger partial charge in [-0.2, -0.15) is 5.26 Å². The summed E-state index contributed by atoms with van der Waals surface area (Å²) in [6.45, 7) is 2.04. The van der Waals surface area contributed by atoms with E-state index in [9.17, 15) is 10.1 Å². The largest absolute Gasteiger partial charge is 0.439 e. The smallest absolute Gasteiger partial charge is 0.344 e. The van der Waals surface area contributed by atoms with Crippen LogP contribution in [0.2, 0.25) is 0 Å². The number of nitrogens with two attached hydrogens (primary N) is 1. The molecule has 0 bridgehead atoms. The van der Waals surface area contributed by atoms with Crippen molar-refractivity contribution in [1.82, 2.24) is 0 Å². The molecule has 3 aromatic rings. The molecule has 1 atom stereocenters. The molecule has 6 heteroatoms. The number of aryl methyl sites for hydroxylation is 1. The number of hydrogen-bond donors (Lipinski definition) is 1. The van der Waals surface area contributed by atoms with Gasteiger partial charge in [0, 0.05) is 4.47 Å². The Morgan fingerprint density at radius 2 is 1.96 bits per heavy atom. The first-order valence-corrected chi connectivity index (χ1v) is 9.25. The third-order valence-electron chi connectivity index (χ3n) is 4.74. The first-order chi connectivity index (χ1) is 13.0. The zero-order valence-corrected chi connectivity index (χ0v) is 16.0. The van der Waals surface area contributed by atoms with Crippen LogP contribution in [-0.2, 0) is 6.42 Å². The molecule has 0 saturated heterocycles. The van der Waals surface area contributed by atoms with Gasteiger partial charge in [-0.1, -0.05) is 41.1 Å². The van der Waals surface area contributed by atoms with Gasteiger partial charge in [0.2, 0.25) is 5.88 Å². The number of ether oxygens (including phenoxy) is 1. The molecule has 2 aromatic carbocycles. The van der Waals surface area contributed by atoms with Crippen LogP contribution < -0.4 is 16.1 Å². The van der Waals surface area contributed by atoms with E-state index in [4.69, 9.17) is 14.9 Å². The van der Waals surface area contributed by atoms with E-state index in [1.165, 1.54) is 0 Å². The minimum absolute atomic E-state index is 0.00622. The fourth-order valence-electron chi connectivity index (χ4n) is 3.37. The third kappa shape index (κ3) is 2.81. The van der Waals surface area contributed by atoms with E-state index in [2.05, 4.69) is 22.0 Å². The molecule has 0 radical (unpaired) electrons. The summed E-state index contributed by atoms with van der Waals surface area (Å²) in [6, 6.07) is 15.1. The van der Waals surface area contributed by atoms with Gasteiger partial charge in [0.1, 0.15) is 17.2 Å². The van der Waals surface area contributed by atoms with Crippen molar-refractivity contribution in [2.45, 2.75) is 19.3 Å². The number of benzene rings is 2. The molecular formula is C21H15BrN2O3. The summed E-state index contributed by atoms with van der Waals surface area (Å²) in [4.78, 5) is 12.8. The summed E-state index contributed by atoms with van der Waals surface area (Å²) in [5, 5.41) is 10.3. The van der Waals surface area contributed by atoms with Gasteiger partial charge in [-0.3, -0.25) is 0 Å². The summed E-state index contributed by atoms with van der Waals surface area (Å²) in [6.07, 6.45) is 0.828. The SMILES string of the molecule is CCc1ccc2oc(=O)c3c(c2c1)OC(N)=C(C#N)C3c1ccc(Br)cc1. The number of nitrogens with zero attached hydrogens (tertiary/aromatic N) is 1. The third-order valence-corrected chi connectivity index (χ3v) is 5.27. The highest BCUT2D eigenvalue weighted by molar-refractivity contribution is 9.10. The fraction of sp³-hybridized carbons (Fsp3) is 0.143. The summed E-state index contributed by atoms with van der Waals surface area (Å²) in [7, 11) is 0. The Hall–Kier alpha value is -3.04. The summed E-state index contributed by atoms with van der Waals surface area (Å²) < 4.78 is 12.2. The number of hydrogen-bond acceptors (Lipinski definition) is 5. The number of allylic oxidation sites excluding steroid dienone is 1. The molecule has 1 unspecified atom stereocenters. The zero-order chi connectivity index (χ0) is 19.1. The van der Waals surface area contributed by atoms with E-state index < -0.39 is 11.5 Å². The molecular weight excluding hydrogens is 408 g/mol. The lowest BCUT2D eigenvalue weighted by molar-refractivity contribution is 0.388. The van der Waals surface area contributed by atoms with Crippen molar-refractivity contribution < 1.29 is 9.15 Å². The van der Waals surface area contributed by atoms with E-state index in [0.29, 0.717) is 22.3 Å². The summed E-state index contributed by atoms with van der Waals surface area (Å²) in [5.74, 6) is -0.273. The Morgan fingerprint density at radius 3 is 2.63 bits per heavy atom. The lowest BCUT2D eigenvalue weighted by atomic mass is 9.84. The van der Waals surface area contributed by atoms with Crippen molar-refractivity contribution >= 4 is 26.9 Å². The van der Waals surface area contributed by atoms with Crippen molar-refractivity contribution in [3.8, 4) is 11.8 Å². The van der Waals surface area contributed by atoms with Gasteiger partial charge in [0.05, 0.1) is 16.9 Å². The van der Waals surface area contributed by atoms with Gasteiger partial charge >= 0.3 is 5.63 Å². The fourth-order valence-corrected chi connectivity index (χ4v) is 3.64. The maximum absolute atomic E-state index is 12.8. The van der Waals surface area contributed by atoms with Crippen LogP contribution in [0.1, 0.15) is 29.5 Å². The highest BCUT2D eigenvalue weighted by Gasteiger charge is 2.35. The molecule has 0 spiro atoms. The average molecular weight is 423 g/mol. The second kappa shape index (κ2) is 6.60. The van der Waals surface area contributed by atoms with Gasteiger partial charge in [0.15, 0.2) is 5.75 Å². The van der Waals surface area contributed by atoms with E-state index in [-0.39, 0.29) is 11.5 Å². The van der Waals surface area contributed by atoms with E-state index in [1.54, 1.807) is 6.07 Å². The van der Waals surface area contributed by atoms with Crippen molar-refractivity contribution in [3.63, 3.8) is 0 Å². The number of rotatable bonds is 2. The number of halogens is 1. The van der Waals surface area contributed by atoms with Gasteiger partial charge in [0.25, 0.3) is 0 Å². The molecule has 0 fully saturated rings. The molecule has 0 aliphatic carbocycles. The van der Waals surface area contributed by atoms with Crippen LogP contribution in [0.4, 0.5) is 0 Å². The Labute approximate surface area is 163 Å². The molecule has 1 aliphatic heterocycles. The Balaban J connectivity index is 2.07. The van der Waals surface area contributed by atoms with Crippen LogP contribution in [0.15, 0.2) is 67.6 Å². The highest BCUT2D eigenvalue weighted by Crippen LogP contribution is 2.43. The standard InChI is InChI=1S/C21H15BrN2O3/c1-2-11-3-8-16-14(9-11)19-18(21(25)26-16)17(15(10-23)20(24)27-19)12-4-6-13(22)7-5-12/h3-9,17H,2,24H2,1H3. The predicted molar refractivity (Wildman–Crippen MR) is 105 cm³/mol. The van der Waals surface area contributed by atoms with Crippen LogP contribution >= 0.6 is 15.9 Å². The molecule has 1 aromatic heterocycles. The molecule has 134 valence electrons. The molecule has 1 aliphatic rings. The van der Waals surface area contributed by atoms with Crippen molar-refractivity contribution in [2.24, 2.45) is 5.73 Å². The Morgan fingerprint density at radius 1 is 1.22 bits per heavy atom. The Kier molecular flexibility index (Phi) is 4.25. The number of nitriles is 1. The maximum atomic E-state index is 12.8. The Bertz CT molecular complexity index is 1190. The highest BCUT2D eigenvalue weighted by atomic mass is 79.9. The second-order valence-corrected chi connectivity index (χ2v) is 7.21. The summed E-state index contributed by atoms with van der Waals surface area (Å²) in [5.41, 5.74) is 8.30. The van der Waals surface area contributed by atoms with Crippen LogP contribution in [-0.4, -0.2) is 0 Å². The van der Waals surface area contributed by atoms with Crippen molar-refractivity contribution in [1.29, 1.82) is 5.26 Å². The second-order valence-electron chi connectivity index (χ2n) is 6.29. The molecule has 0 amide bonds.